The van der Waals surface area contributed by atoms with Crippen molar-refractivity contribution in [2.24, 2.45) is 17.8 Å². The van der Waals surface area contributed by atoms with Crippen LogP contribution in [-0.2, 0) is 0 Å². The number of hydrogen-bond acceptors (Lipinski definition) is 0. The second-order valence-electron chi connectivity index (χ2n) is 3.69. The van der Waals surface area contributed by atoms with Crippen LogP contribution in [0.15, 0.2) is 12.3 Å². The van der Waals surface area contributed by atoms with Gasteiger partial charge in [-0.25, -0.2) is 0 Å². The number of rotatable bonds is 0. The van der Waals surface area contributed by atoms with E-state index in [2.05, 4.69) is 30.1 Å². The Labute approximate surface area is 66.9 Å². The van der Waals surface area contributed by atoms with Gasteiger partial charge in [-0.3, -0.25) is 0 Å². The minimum absolute atomic E-state index is 0. The Hall–Kier alpha value is -0.980. The van der Waals surface area contributed by atoms with Gasteiger partial charge in [-0.2, -0.15) is 0 Å². The molecule has 1 N–H and O–H groups in total. The molecule has 1 aromatic heterocycles. The summed E-state index contributed by atoms with van der Waals surface area (Å²) in [6.07, 6.45) is 6.80. The molecule has 3 unspecified atom stereocenters. The molecule has 58 valence electrons. The SMILES string of the molecule is CC1C2C=c3cc[nH]c3=CC12.[HH]. The lowest BCUT2D eigenvalue weighted by Gasteiger charge is -1.90. The Bertz CT molecular complexity index is 367. The van der Waals surface area contributed by atoms with E-state index in [0.717, 1.165) is 17.8 Å². The standard InChI is InChI=1S/C10H11N.H2/c1-6-8-4-7-2-3-11-10(7)5-9(6)8;/h2-6,8-9,11H,1H3;1H. The van der Waals surface area contributed by atoms with E-state index < -0.39 is 0 Å². The van der Waals surface area contributed by atoms with Crippen molar-refractivity contribution < 1.29 is 1.43 Å². The lowest BCUT2D eigenvalue weighted by atomic mass is 10.2. The highest BCUT2D eigenvalue weighted by Gasteiger charge is 2.44. The van der Waals surface area contributed by atoms with E-state index >= 15 is 0 Å². The number of aromatic amines is 1. The molecule has 3 rings (SSSR count). The quantitative estimate of drug-likeness (QED) is 0.556. The number of nitrogens with one attached hydrogen (secondary N) is 1. The molecule has 1 saturated carbocycles. The molecule has 0 saturated heterocycles. The van der Waals surface area contributed by atoms with E-state index in [4.69, 9.17) is 0 Å². The summed E-state index contributed by atoms with van der Waals surface area (Å²) in [6.45, 7) is 2.33. The summed E-state index contributed by atoms with van der Waals surface area (Å²) in [5.41, 5.74) is 0. The summed E-state index contributed by atoms with van der Waals surface area (Å²) in [7, 11) is 0. The molecule has 0 bridgehead atoms. The first-order chi connectivity index (χ1) is 5.36. The van der Waals surface area contributed by atoms with Gasteiger partial charge in [0.25, 0.3) is 0 Å². The summed E-state index contributed by atoms with van der Waals surface area (Å²) >= 11 is 0. The van der Waals surface area contributed by atoms with Gasteiger partial charge in [0.15, 0.2) is 0 Å². The van der Waals surface area contributed by atoms with Crippen LogP contribution in [0.4, 0.5) is 0 Å². The second-order valence-corrected chi connectivity index (χ2v) is 3.69. The van der Waals surface area contributed by atoms with E-state index in [0.29, 0.717) is 0 Å². The van der Waals surface area contributed by atoms with Gasteiger partial charge in [-0.1, -0.05) is 19.1 Å². The normalized spacial score (nSPS) is 38.1. The minimum Gasteiger partial charge on any atom is -0.361 e. The summed E-state index contributed by atoms with van der Waals surface area (Å²) in [4.78, 5) is 3.25. The monoisotopic (exact) mass is 147 g/mol. The Morgan fingerprint density at radius 2 is 2.18 bits per heavy atom. The summed E-state index contributed by atoms with van der Waals surface area (Å²) in [6, 6.07) is 2.16. The highest BCUT2D eigenvalue weighted by molar-refractivity contribution is 5.49. The van der Waals surface area contributed by atoms with Crippen LogP contribution in [0.5, 0.6) is 0 Å². The van der Waals surface area contributed by atoms with Crippen LogP contribution in [0.3, 0.4) is 0 Å². The van der Waals surface area contributed by atoms with Crippen molar-refractivity contribution in [3.05, 3.63) is 22.8 Å². The molecule has 0 spiro atoms. The third kappa shape index (κ3) is 0.609. The van der Waals surface area contributed by atoms with Crippen LogP contribution in [0.1, 0.15) is 8.35 Å². The predicted octanol–water partition coefficient (Wildman–Crippen LogP) is 0.717. The molecule has 2 aliphatic carbocycles. The molecule has 0 aliphatic heterocycles. The topological polar surface area (TPSA) is 15.8 Å². The highest BCUT2D eigenvalue weighted by Crippen LogP contribution is 2.48. The average Bonchev–Trinajstić information content (AvgIpc) is 2.50. The summed E-state index contributed by atoms with van der Waals surface area (Å²) < 4.78 is 0. The van der Waals surface area contributed by atoms with Crippen molar-refractivity contribution in [3.63, 3.8) is 0 Å². The molecule has 0 amide bonds. The van der Waals surface area contributed by atoms with Crippen molar-refractivity contribution >= 4 is 12.2 Å². The zero-order valence-electron chi connectivity index (χ0n) is 6.54. The van der Waals surface area contributed by atoms with Gasteiger partial charge in [0.1, 0.15) is 0 Å². The van der Waals surface area contributed by atoms with Crippen molar-refractivity contribution in [3.8, 4) is 0 Å². The molecule has 1 nitrogen and oxygen atoms in total. The summed E-state index contributed by atoms with van der Waals surface area (Å²) in [5.74, 6) is 2.57. The third-order valence-electron chi connectivity index (χ3n) is 3.06. The maximum atomic E-state index is 3.25. The first-order valence-electron chi connectivity index (χ1n) is 4.23. The lowest BCUT2D eigenvalue weighted by Crippen LogP contribution is -2.24. The van der Waals surface area contributed by atoms with Crippen LogP contribution in [0, 0.1) is 17.8 Å². The van der Waals surface area contributed by atoms with Gasteiger partial charge < -0.3 is 4.98 Å². The molecule has 1 heterocycles. The zero-order valence-corrected chi connectivity index (χ0v) is 6.54. The smallest absolute Gasteiger partial charge is 0.0413 e. The first kappa shape index (κ1) is 5.64. The third-order valence-corrected chi connectivity index (χ3v) is 3.06. The fourth-order valence-electron chi connectivity index (χ4n) is 2.14. The fourth-order valence-corrected chi connectivity index (χ4v) is 2.14. The zero-order chi connectivity index (χ0) is 7.42. The van der Waals surface area contributed by atoms with E-state index in [1.807, 2.05) is 6.20 Å². The van der Waals surface area contributed by atoms with Crippen LogP contribution < -0.4 is 10.6 Å². The van der Waals surface area contributed by atoms with Gasteiger partial charge >= 0.3 is 0 Å². The van der Waals surface area contributed by atoms with E-state index in [-0.39, 0.29) is 1.43 Å². The van der Waals surface area contributed by atoms with Crippen molar-refractivity contribution in [1.29, 1.82) is 0 Å². The highest BCUT2D eigenvalue weighted by atomic mass is 14.7. The molecule has 11 heavy (non-hydrogen) atoms. The number of H-pyrrole nitrogens is 1. The minimum atomic E-state index is 0. The molecular formula is C10H13N. The molecule has 3 atom stereocenters. The Kier molecular flexibility index (Phi) is 0.823. The lowest BCUT2D eigenvalue weighted by molar-refractivity contribution is 0.905. The molecule has 1 heteroatoms. The van der Waals surface area contributed by atoms with Crippen LogP contribution in [-0.4, -0.2) is 4.98 Å². The predicted molar refractivity (Wildman–Crippen MR) is 47.2 cm³/mol. The van der Waals surface area contributed by atoms with E-state index in [1.165, 1.54) is 10.6 Å². The Balaban J connectivity index is 0.000000563. The molecule has 2 aliphatic rings. The molecule has 0 radical (unpaired) electrons. The van der Waals surface area contributed by atoms with Crippen LogP contribution in [0.25, 0.3) is 12.2 Å². The van der Waals surface area contributed by atoms with Gasteiger partial charge in [-0.15, -0.1) is 0 Å². The van der Waals surface area contributed by atoms with Crippen molar-refractivity contribution in [2.75, 3.05) is 0 Å². The second kappa shape index (κ2) is 1.60. The largest absolute Gasteiger partial charge is 0.361 e. The van der Waals surface area contributed by atoms with Crippen LogP contribution in [0.2, 0.25) is 0 Å². The molecule has 1 fully saturated rings. The maximum absolute atomic E-state index is 3.25. The van der Waals surface area contributed by atoms with Crippen molar-refractivity contribution in [1.82, 2.24) is 4.98 Å². The maximum Gasteiger partial charge on any atom is 0.0413 e. The first-order valence-corrected chi connectivity index (χ1v) is 4.23. The molecule has 1 aromatic rings. The van der Waals surface area contributed by atoms with Crippen LogP contribution >= 0.6 is 0 Å². The van der Waals surface area contributed by atoms with E-state index in [1.54, 1.807) is 0 Å². The molecule has 0 aromatic carbocycles. The van der Waals surface area contributed by atoms with Gasteiger partial charge in [0, 0.05) is 13.0 Å². The average molecular weight is 147 g/mol. The van der Waals surface area contributed by atoms with Gasteiger partial charge in [0.2, 0.25) is 0 Å². The summed E-state index contributed by atoms with van der Waals surface area (Å²) in [5, 5.41) is 2.73. The number of fused-ring (bicyclic) bond motifs is 2. The fraction of sp³-hybridized carbons (Fsp3) is 0.400. The Morgan fingerprint density at radius 1 is 1.36 bits per heavy atom. The number of aromatic nitrogens is 1. The molecular weight excluding hydrogens is 134 g/mol. The van der Waals surface area contributed by atoms with Crippen molar-refractivity contribution in [2.45, 2.75) is 6.92 Å². The van der Waals surface area contributed by atoms with Gasteiger partial charge in [0.05, 0.1) is 0 Å². The van der Waals surface area contributed by atoms with E-state index in [9.17, 15) is 0 Å². The Morgan fingerprint density at radius 3 is 3.09 bits per heavy atom. The number of hydrogen-bond donors (Lipinski definition) is 1. The van der Waals surface area contributed by atoms with Gasteiger partial charge in [-0.05, 0) is 29.0 Å².